The normalized spacial score (nSPS) is 10.3. The zero-order valence-electron chi connectivity index (χ0n) is 10.0. The second-order valence-corrected chi connectivity index (χ2v) is 5.26. The third-order valence-electron chi connectivity index (χ3n) is 2.63. The van der Waals surface area contributed by atoms with E-state index in [1.807, 2.05) is 13.0 Å². The van der Waals surface area contributed by atoms with Crippen molar-refractivity contribution in [3.05, 3.63) is 62.7 Å². The molecule has 2 rings (SSSR count). The van der Waals surface area contributed by atoms with Gasteiger partial charge in [-0.1, -0.05) is 6.07 Å². The summed E-state index contributed by atoms with van der Waals surface area (Å²) < 4.78 is 28.0. The van der Waals surface area contributed by atoms with E-state index >= 15 is 0 Å². The van der Waals surface area contributed by atoms with Crippen molar-refractivity contribution in [2.24, 2.45) is 0 Å². The predicted octanol–water partition coefficient (Wildman–Crippen LogP) is 4.13. The first-order valence-electron chi connectivity index (χ1n) is 5.50. The molecule has 5 heteroatoms. The second kappa shape index (κ2) is 5.64. The third-order valence-corrected chi connectivity index (χ3v) is 3.30. The molecule has 2 aromatic rings. The largest absolute Gasteiger partial charge is 0.322 e. The van der Waals surface area contributed by atoms with Gasteiger partial charge in [-0.3, -0.25) is 4.79 Å². The molecule has 0 atom stereocenters. The average molecular weight is 373 g/mol. The number of hydrogen-bond donors (Lipinski definition) is 1. The van der Waals surface area contributed by atoms with Crippen LogP contribution >= 0.6 is 22.6 Å². The van der Waals surface area contributed by atoms with E-state index in [0.29, 0.717) is 5.69 Å². The van der Waals surface area contributed by atoms with E-state index in [1.165, 1.54) is 6.07 Å². The highest BCUT2D eigenvalue weighted by molar-refractivity contribution is 14.1. The summed E-state index contributed by atoms with van der Waals surface area (Å²) in [5.41, 5.74) is 0.797. The Bertz CT molecular complexity index is 623. The Hall–Kier alpha value is -1.50. The summed E-state index contributed by atoms with van der Waals surface area (Å²) >= 11 is 2.15. The topological polar surface area (TPSA) is 29.1 Å². The molecule has 0 aromatic heterocycles. The Labute approximate surface area is 123 Å². The summed E-state index contributed by atoms with van der Waals surface area (Å²) in [7, 11) is 0. The van der Waals surface area contributed by atoms with Crippen molar-refractivity contribution in [1.82, 2.24) is 0 Å². The number of hydrogen-bond acceptors (Lipinski definition) is 1. The Morgan fingerprint density at radius 1 is 1.16 bits per heavy atom. The van der Waals surface area contributed by atoms with E-state index in [1.54, 1.807) is 12.1 Å². The Morgan fingerprint density at radius 3 is 2.37 bits per heavy atom. The van der Waals surface area contributed by atoms with Gasteiger partial charge < -0.3 is 5.32 Å². The van der Waals surface area contributed by atoms with Gasteiger partial charge in [0.25, 0.3) is 5.91 Å². The first kappa shape index (κ1) is 13.9. The second-order valence-electron chi connectivity index (χ2n) is 4.01. The monoisotopic (exact) mass is 373 g/mol. The standard InChI is InChI=1S/C14H10F2INO/c1-8-7-9(17)5-6-12(8)18-14(19)13-10(15)3-2-4-11(13)16/h2-7H,1H3,(H,18,19). The maximum absolute atomic E-state index is 13.5. The van der Waals surface area contributed by atoms with Gasteiger partial charge in [-0.2, -0.15) is 0 Å². The van der Waals surface area contributed by atoms with Crippen molar-refractivity contribution in [2.75, 3.05) is 5.32 Å². The molecule has 0 bridgehead atoms. The van der Waals surface area contributed by atoms with E-state index in [-0.39, 0.29) is 0 Å². The molecular formula is C14H10F2INO. The van der Waals surface area contributed by atoms with E-state index in [2.05, 4.69) is 27.9 Å². The van der Waals surface area contributed by atoms with Crippen molar-refractivity contribution in [3.63, 3.8) is 0 Å². The molecule has 1 N–H and O–H groups in total. The first-order chi connectivity index (χ1) is 8.99. The van der Waals surface area contributed by atoms with Gasteiger partial charge in [0.1, 0.15) is 17.2 Å². The Balaban J connectivity index is 2.31. The maximum atomic E-state index is 13.5. The fourth-order valence-electron chi connectivity index (χ4n) is 1.67. The lowest BCUT2D eigenvalue weighted by Crippen LogP contribution is -2.16. The van der Waals surface area contributed by atoms with Crippen LogP contribution in [-0.4, -0.2) is 5.91 Å². The zero-order valence-corrected chi connectivity index (χ0v) is 12.2. The van der Waals surface area contributed by atoms with Crippen LogP contribution in [0, 0.1) is 22.1 Å². The van der Waals surface area contributed by atoms with Gasteiger partial charge in [-0.25, -0.2) is 8.78 Å². The first-order valence-corrected chi connectivity index (χ1v) is 6.58. The molecule has 98 valence electrons. The summed E-state index contributed by atoms with van der Waals surface area (Å²) in [6.45, 7) is 1.81. The van der Waals surface area contributed by atoms with E-state index in [0.717, 1.165) is 21.3 Å². The summed E-state index contributed by atoms with van der Waals surface area (Å²) in [6, 6.07) is 8.71. The number of carbonyl (C=O) groups is 1. The van der Waals surface area contributed by atoms with Gasteiger partial charge in [0, 0.05) is 9.26 Å². The molecular weight excluding hydrogens is 363 g/mol. The van der Waals surface area contributed by atoms with Crippen molar-refractivity contribution in [1.29, 1.82) is 0 Å². The summed E-state index contributed by atoms with van der Waals surface area (Å²) in [5.74, 6) is -2.54. The fourth-order valence-corrected chi connectivity index (χ4v) is 2.31. The van der Waals surface area contributed by atoms with Crippen LogP contribution in [0.25, 0.3) is 0 Å². The van der Waals surface area contributed by atoms with E-state index in [4.69, 9.17) is 0 Å². The van der Waals surface area contributed by atoms with Crippen LogP contribution in [0.4, 0.5) is 14.5 Å². The number of halogens is 3. The quantitative estimate of drug-likeness (QED) is 0.789. The fraction of sp³-hybridized carbons (Fsp3) is 0.0714. The zero-order chi connectivity index (χ0) is 14.0. The van der Waals surface area contributed by atoms with Crippen molar-refractivity contribution in [3.8, 4) is 0 Å². The molecule has 0 radical (unpaired) electrons. The summed E-state index contributed by atoms with van der Waals surface area (Å²) in [4.78, 5) is 11.9. The lowest BCUT2D eigenvalue weighted by atomic mass is 10.1. The minimum absolute atomic E-state index is 0.535. The Morgan fingerprint density at radius 2 is 1.79 bits per heavy atom. The van der Waals surface area contributed by atoms with Crippen LogP contribution < -0.4 is 5.32 Å². The smallest absolute Gasteiger partial charge is 0.261 e. The minimum Gasteiger partial charge on any atom is -0.322 e. The van der Waals surface area contributed by atoms with Crippen molar-refractivity contribution >= 4 is 34.2 Å². The molecule has 0 saturated carbocycles. The SMILES string of the molecule is Cc1cc(I)ccc1NC(=O)c1c(F)cccc1F. The van der Waals surface area contributed by atoms with Crippen LogP contribution in [-0.2, 0) is 0 Å². The highest BCUT2D eigenvalue weighted by Gasteiger charge is 2.17. The maximum Gasteiger partial charge on any atom is 0.261 e. The third kappa shape index (κ3) is 3.09. The van der Waals surface area contributed by atoms with Gasteiger partial charge >= 0.3 is 0 Å². The molecule has 2 nitrogen and oxygen atoms in total. The minimum atomic E-state index is -0.874. The highest BCUT2D eigenvalue weighted by Crippen LogP contribution is 2.20. The number of benzene rings is 2. The van der Waals surface area contributed by atoms with Crippen molar-refractivity contribution < 1.29 is 13.6 Å². The molecule has 0 fully saturated rings. The summed E-state index contributed by atoms with van der Waals surface area (Å²) in [6.07, 6.45) is 0. The predicted molar refractivity (Wildman–Crippen MR) is 78.2 cm³/mol. The number of nitrogens with one attached hydrogen (secondary N) is 1. The van der Waals surface area contributed by atoms with Crippen LogP contribution in [0.5, 0.6) is 0 Å². The molecule has 0 aliphatic carbocycles. The molecule has 0 aliphatic heterocycles. The lowest BCUT2D eigenvalue weighted by Gasteiger charge is -2.09. The Kier molecular flexibility index (Phi) is 4.14. The van der Waals surface area contributed by atoms with Gasteiger partial charge in [-0.05, 0) is 65.4 Å². The molecule has 1 amide bonds. The average Bonchev–Trinajstić information content (AvgIpc) is 2.32. The molecule has 0 spiro atoms. The van der Waals surface area contributed by atoms with Gasteiger partial charge in [0.15, 0.2) is 0 Å². The van der Waals surface area contributed by atoms with Crippen LogP contribution in [0.3, 0.4) is 0 Å². The van der Waals surface area contributed by atoms with Gasteiger partial charge in [0.05, 0.1) is 0 Å². The molecule has 0 heterocycles. The van der Waals surface area contributed by atoms with Crippen LogP contribution in [0.1, 0.15) is 15.9 Å². The molecule has 2 aromatic carbocycles. The van der Waals surface area contributed by atoms with Gasteiger partial charge in [0.2, 0.25) is 0 Å². The number of amides is 1. The molecule has 0 unspecified atom stereocenters. The van der Waals surface area contributed by atoms with Gasteiger partial charge in [-0.15, -0.1) is 0 Å². The molecule has 0 saturated heterocycles. The molecule has 19 heavy (non-hydrogen) atoms. The van der Waals surface area contributed by atoms with Crippen molar-refractivity contribution in [2.45, 2.75) is 6.92 Å². The number of anilines is 1. The highest BCUT2D eigenvalue weighted by atomic mass is 127. The van der Waals surface area contributed by atoms with Crippen LogP contribution in [0.2, 0.25) is 0 Å². The number of carbonyl (C=O) groups excluding carboxylic acids is 1. The molecule has 0 aliphatic rings. The van der Waals surface area contributed by atoms with E-state index in [9.17, 15) is 13.6 Å². The van der Waals surface area contributed by atoms with Crippen LogP contribution in [0.15, 0.2) is 36.4 Å². The van der Waals surface area contributed by atoms with E-state index < -0.39 is 23.1 Å². The summed E-state index contributed by atoms with van der Waals surface area (Å²) in [5, 5.41) is 2.51. The lowest BCUT2D eigenvalue weighted by molar-refractivity contribution is 0.101. The number of rotatable bonds is 2. The number of aryl methyl sites for hydroxylation is 1.